The molecule has 1 aromatic carbocycles. The predicted molar refractivity (Wildman–Crippen MR) is 74.8 cm³/mol. The Bertz CT molecular complexity index is 492. The molecular weight excluding hydrogens is 258 g/mol. The van der Waals surface area contributed by atoms with Crippen molar-refractivity contribution in [3.8, 4) is 0 Å². The number of nitro groups is 1. The average Bonchev–Trinajstić information content (AvgIpc) is 2.46. The molecule has 1 fully saturated rings. The predicted octanol–water partition coefficient (Wildman–Crippen LogP) is 3.37. The molecule has 0 unspecified atom stereocenters. The summed E-state index contributed by atoms with van der Waals surface area (Å²) in [5, 5.41) is 10.7. The van der Waals surface area contributed by atoms with Crippen molar-refractivity contribution in [1.82, 2.24) is 0 Å². The molecule has 0 amide bonds. The summed E-state index contributed by atoms with van der Waals surface area (Å²) >= 11 is 0. The third-order valence-electron chi connectivity index (χ3n) is 3.79. The molecule has 0 saturated heterocycles. The van der Waals surface area contributed by atoms with E-state index in [2.05, 4.69) is 6.92 Å². The van der Waals surface area contributed by atoms with Crippen molar-refractivity contribution in [3.05, 3.63) is 39.9 Å². The molecule has 108 valence electrons. The molecule has 5 heteroatoms. The highest BCUT2D eigenvalue weighted by molar-refractivity contribution is 5.97. The first-order chi connectivity index (χ1) is 9.56. The molecule has 0 aliphatic heterocycles. The van der Waals surface area contributed by atoms with Crippen molar-refractivity contribution in [2.24, 2.45) is 5.92 Å². The van der Waals surface area contributed by atoms with Crippen LogP contribution in [0.4, 0.5) is 5.69 Å². The fourth-order valence-electron chi connectivity index (χ4n) is 2.47. The van der Waals surface area contributed by atoms with Gasteiger partial charge in [-0.2, -0.15) is 0 Å². The van der Waals surface area contributed by atoms with Gasteiger partial charge in [0, 0.05) is 17.7 Å². The van der Waals surface area contributed by atoms with Gasteiger partial charge in [-0.3, -0.25) is 14.9 Å². The fourth-order valence-corrected chi connectivity index (χ4v) is 2.47. The summed E-state index contributed by atoms with van der Waals surface area (Å²) in [6.07, 6.45) is 4.40. The number of hydrogen-bond acceptors (Lipinski definition) is 4. The third-order valence-corrected chi connectivity index (χ3v) is 3.79. The Balaban J connectivity index is 1.88. The maximum absolute atomic E-state index is 12.0. The minimum Gasteiger partial charge on any atom is -0.370 e. The maximum atomic E-state index is 12.0. The first kappa shape index (κ1) is 14.7. The monoisotopic (exact) mass is 277 g/mol. The van der Waals surface area contributed by atoms with Crippen molar-refractivity contribution in [2.45, 2.75) is 38.7 Å². The molecule has 1 aromatic rings. The number of nitro benzene ring substituents is 1. The Morgan fingerprint density at radius 2 is 2.05 bits per heavy atom. The summed E-state index contributed by atoms with van der Waals surface area (Å²) < 4.78 is 5.63. The molecule has 1 aliphatic carbocycles. The van der Waals surface area contributed by atoms with Crippen LogP contribution in [0.5, 0.6) is 0 Å². The van der Waals surface area contributed by atoms with Crippen molar-refractivity contribution in [2.75, 3.05) is 6.61 Å². The summed E-state index contributed by atoms with van der Waals surface area (Å²) in [7, 11) is 0. The van der Waals surface area contributed by atoms with E-state index in [9.17, 15) is 14.9 Å². The molecule has 0 aromatic heterocycles. The SMILES string of the molecule is CC1CCC(OCC(=O)c2cccc([N+](=O)[O-])c2)CC1. The number of nitrogens with zero attached hydrogens (tertiary/aromatic N) is 1. The van der Waals surface area contributed by atoms with Crippen LogP contribution in [-0.4, -0.2) is 23.4 Å². The van der Waals surface area contributed by atoms with Gasteiger partial charge in [-0.05, 0) is 31.6 Å². The van der Waals surface area contributed by atoms with Gasteiger partial charge < -0.3 is 4.74 Å². The molecule has 0 atom stereocenters. The number of carbonyl (C=O) groups is 1. The lowest BCUT2D eigenvalue weighted by molar-refractivity contribution is -0.384. The van der Waals surface area contributed by atoms with Crippen LogP contribution in [0.3, 0.4) is 0 Å². The second kappa shape index (κ2) is 6.61. The second-order valence-corrected chi connectivity index (χ2v) is 5.42. The van der Waals surface area contributed by atoms with E-state index in [-0.39, 0.29) is 24.2 Å². The van der Waals surface area contributed by atoms with Gasteiger partial charge in [0.15, 0.2) is 5.78 Å². The molecule has 0 bridgehead atoms. The molecule has 20 heavy (non-hydrogen) atoms. The second-order valence-electron chi connectivity index (χ2n) is 5.42. The van der Waals surface area contributed by atoms with Crippen LogP contribution in [0.1, 0.15) is 43.0 Å². The highest BCUT2D eigenvalue weighted by atomic mass is 16.6. The van der Waals surface area contributed by atoms with E-state index in [1.54, 1.807) is 6.07 Å². The molecular formula is C15H19NO4. The topological polar surface area (TPSA) is 69.4 Å². The van der Waals surface area contributed by atoms with Crippen LogP contribution in [-0.2, 0) is 4.74 Å². The van der Waals surface area contributed by atoms with Crippen molar-refractivity contribution >= 4 is 11.5 Å². The number of benzene rings is 1. The first-order valence-electron chi connectivity index (χ1n) is 6.95. The summed E-state index contributed by atoms with van der Waals surface area (Å²) in [4.78, 5) is 22.2. The number of carbonyl (C=O) groups excluding carboxylic acids is 1. The average molecular weight is 277 g/mol. The van der Waals surface area contributed by atoms with E-state index in [1.165, 1.54) is 18.2 Å². The highest BCUT2D eigenvalue weighted by Crippen LogP contribution is 2.25. The summed E-state index contributed by atoms with van der Waals surface area (Å²) in [5.74, 6) is 0.537. The minimum atomic E-state index is -0.500. The van der Waals surface area contributed by atoms with Gasteiger partial charge in [0.1, 0.15) is 6.61 Å². The summed E-state index contributed by atoms with van der Waals surface area (Å²) in [6, 6.07) is 5.78. The molecule has 0 N–H and O–H groups in total. The van der Waals surface area contributed by atoms with E-state index < -0.39 is 4.92 Å². The zero-order valence-corrected chi connectivity index (χ0v) is 11.6. The lowest BCUT2D eigenvalue weighted by Gasteiger charge is -2.25. The van der Waals surface area contributed by atoms with E-state index >= 15 is 0 Å². The number of Topliss-reactive ketones (excluding diaryl/α,β-unsaturated/α-hetero) is 1. The largest absolute Gasteiger partial charge is 0.370 e. The molecule has 5 nitrogen and oxygen atoms in total. The highest BCUT2D eigenvalue weighted by Gasteiger charge is 2.20. The molecule has 0 spiro atoms. The molecule has 2 rings (SSSR count). The molecule has 0 heterocycles. The van der Waals surface area contributed by atoms with Gasteiger partial charge in [0.25, 0.3) is 5.69 Å². The van der Waals surface area contributed by atoms with Gasteiger partial charge in [0.05, 0.1) is 11.0 Å². The number of non-ortho nitro benzene ring substituents is 1. The van der Waals surface area contributed by atoms with Crippen LogP contribution in [0.2, 0.25) is 0 Å². The quantitative estimate of drug-likeness (QED) is 0.470. The third kappa shape index (κ3) is 3.87. The van der Waals surface area contributed by atoms with Crippen LogP contribution in [0.25, 0.3) is 0 Å². The van der Waals surface area contributed by atoms with Gasteiger partial charge in [-0.15, -0.1) is 0 Å². The Hall–Kier alpha value is -1.75. The molecule has 0 radical (unpaired) electrons. The summed E-state index contributed by atoms with van der Waals surface area (Å²) in [6.45, 7) is 2.23. The van der Waals surface area contributed by atoms with Crippen molar-refractivity contribution in [3.63, 3.8) is 0 Å². The lowest BCUT2D eigenvalue weighted by Crippen LogP contribution is -2.23. The van der Waals surface area contributed by atoms with Gasteiger partial charge in [-0.1, -0.05) is 19.1 Å². The van der Waals surface area contributed by atoms with E-state index in [1.807, 2.05) is 0 Å². The van der Waals surface area contributed by atoms with Crippen molar-refractivity contribution in [1.29, 1.82) is 0 Å². The van der Waals surface area contributed by atoms with Crippen LogP contribution < -0.4 is 0 Å². The number of hydrogen-bond donors (Lipinski definition) is 0. The smallest absolute Gasteiger partial charge is 0.270 e. The van der Waals surface area contributed by atoms with E-state index in [4.69, 9.17) is 4.74 Å². The zero-order valence-electron chi connectivity index (χ0n) is 11.6. The molecule has 1 aliphatic rings. The van der Waals surface area contributed by atoms with Crippen LogP contribution in [0.15, 0.2) is 24.3 Å². The maximum Gasteiger partial charge on any atom is 0.270 e. The normalized spacial score (nSPS) is 22.4. The minimum absolute atomic E-state index is 0.000214. The fraction of sp³-hybridized carbons (Fsp3) is 0.533. The van der Waals surface area contributed by atoms with E-state index in [0.29, 0.717) is 5.56 Å². The zero-order chi connectivity index (χ0) is 14.5. The van der Waals surface area contributed by atoms with Gasteiger partial charge in [-0.25, -0.2) is 0 Å². The Kier molecular flexibility index (Phi) is 4.84. The number of ketones is 1. The van der Waals surface area contributed by atoms with E-state index in [0.717, 1.165) is 31.6 Å². The standard InChI is InChI=1S/C15H19NO4/c1-11-5-7-14(8-6-11)20-10-15(17)12-3-2-4-13(9-12)16(18)19/h2-4,9,11,14H,5-8,10H2,1H3. The van der Waals surface area contributed by atoms with Crippen LogP contribution >= 0.6 is 0 Å². The molecule has 1 saturated carbocycles. The van der Waals surface area contributed by atoms with Crippen LogP contribution in [0, 0.1) is 16.0 Å². The first-order valence-corrected chi connectivity index (χ1v) is 6.95. The Morgan fingerprint density at radius 1 is 1.35 bits per heavy atom. The van der Waals surface area contributed by atoms with Gasteiger partial charge in [0.2, 0.25) is 0 Å². The number of ether oxygens (including phenoxy) is 1. The Labute approximate surface area is 118 Å². The lowest BCUT2D eigenvalue weighted by atomic mass is 9.89. The number of rotatable bonds is 5. The van der Waals surface area contributed by atoms with Crippen molar-refractivity contribution < 1.29 is 14.5 Å². The Morgan fingerprint density at radius 3 is 2.70 bits per heavy atom. The summed E-state index contributed by atoms with van der Waals surface area (Å²) in [5.41, 5.74) is 0.269. The van der Waals surface area contributed by atoms with Gasteiger partial charge >= 0.3 is 0 Å².